The number of aromatic nitrogens is 1. The van der Waals surface area contributed by atoms with Gasteiger partial charge in [0.05, 0.1) is 5.75 Å². The number of piperidine rings is 1. The maximum absolute atomic E-state index is 13.2. The van der Waals surface area contributed by atoms with Crippen molar-refractivity contribution >= 4 is 46.7 Å². The molecule has 1 atom stereocenters. The van der Waals surface area contributed by atoms with Crippen molar-refractivity contribution in [3.8, 4) is 0 Å². The van der Waals surface area contributed by atoms with Crippen LogP contribution >= 0.6 is 23.1 Å². The van der Waals surface area contributed by atoms with Gasteiger partial charge >= 0.3 is 0 Å². The fourth-order valence-corrected chi connectivity index (χ4v) is 9.76. The molecule has 198 valence electrons. The minimum absolute atomic E-state index is 0.0319. The van der Waals surface area contributed by atoms with Gasteiger partial charge in [0.1, 0.15) is 16.7 Å². The molecule has 1 aromatic carbocycles. The third kappa shape index (κ3) is 4.25. The minimum atomic E-state index is -0.626. The second kappa shape index (κ2) is 9.19. The number of hydrogen-bond donors (Lipinski definition) is 2. The summed E-state index contributed by atoms with van der Waals surface area (Å²) in [5.74, 6) is 2.00. The molecule has 8 nitrogen and oxygen atoms in total. The Morgan fingerprint density at radius 1 is 1.13 bits per heavy atom. The van der Waals surface area contributed by atoms with Gasteiger partial charge < -0.3 is 10.2 Å². The maximum atomic E-state index is 13.2. The molecule has 0 spiro atoms. The van der Waals surface area contributed by atoms with Crippen molar-refractivity contribution in [3.05, 3.63) is 45.4 Å². The number of nitrogens with one attached hydrogen (secondary N) is 2. The van der Waals surface area contributed by atoms with Gasteiger partial charge in [0.15, 0.2) is 0 Å². The first kappa shape index (κ1) is 24.3. The SMILES string of the molecule is O=C1CCC(N2Cc3c(SCc4nc(C(=O)NC56CC7CC(CC(C7)C5)C6)cs4)cccc3C2=O)C(=O)N1. The van der Waals surface area contributed by atoms with Gasteiger partial charge in [-0.25, -0.2) is 4.98 Å². The number of carbonyl (C=O) groups excluding carboxylic acids is 4. The van der Waals surface area contributed by atoms with Crippen LogP contribution in [-0.4, -0.2) is 45.1 Å². The minimum Gasteiger partial charge on any atom is -0.345 e. The highest BCUT2D eigenvalue weighted by atomic mass is 32.2. The molecular formula is C28H30N4O4S2. The van der Waals surface area contributed by atoms with E-state index in [-0.39, 0.29) is 29.7 Å². The number of amides is 4. The van der Waals surface area contributed by atoms with Crippen molar-refractivity contribution in [2.45, 2.75) is 80.1 Å². The van der Waals surface area contributed by atoms with Crippen LogP contribution in [0.1, 0.15) is 82.8 Å². The number of nitrogens with zero attached hydrogens (tertiary/aromatic N) is 2. The summed E-state index contributed by atoms with van der Waals surface area (Å²) in [6, 6.07) is 5.02. The lowest BCUT2D eigenvalue weighted by molar-refractivity contribution is -0.136. The average Bonchev–Trinajstić information content (AvgIpc) is 3.47. The Balaban J connectivity index is 1.01. The van der Waals surface area contributed by atoms with Gasteiger partial charge in [0.2, 0.25) is 11.8 Å². The molecule has 10 heteroatoms. The lowest BCUT2D eigenvalue weighted by atomic mass is 9.53. The highest BCUT2D eigenvalue weighted by Gasteiger charge is 2.51. The number of carbonyl (C=O) groups is 4. The van der Waals surface area contributed by atoms with E-state index in [0.29, 0.717) is 30.0 Å². The van der Waals surface area contributed by atoms with E-state index in [0.717, 1.165) is 52.5 Å². The Morgan fingerprint density at radius 3 is 2.58 bits per heavy atom. The zero-order valence-corrected chi connectivity index (χ0v) is 22.7. The van der Waals surface area contributed by atoms with Crippen LogP contribution in [0.4, 0.5) is 0 Å². The standard InChI is InChI=1S/C28H30N4O4S2/c33-23-5-4-21(26(35)30-23)32-12-19-18(27(32)36)2-1-3-22(19)37-14-24-29-20(13-38-24)25(34)31-28-9-15-6-16(10-28)8-17(7-15)11-28/h1-3,13,15-17,21H,4-12,14H2,(H,31,34)(H,30,33,35). The van der Waals surface area contributed by atoms with Gasteiger partial charge in [0.25, 0.3) is 11.8 Å². The van der Waals surface area contributed by atoms with E-state index in [2.05, 4.69) is 15.6 Å². The number of imide groups is 1. The fourth-order valence-electron chi connectivity index (χ4n) is 7.88. The summed E-state index contributed by atoms with van der Waals surface area (Å²) >= 11 is 3.09. The summed E-state index contributed by atoms with van der Waals surface area (Å²) in [5.41, 5.74) is 1.98. The summed E-state index contributed by atoms with van der Waals surface area (Å²) < 4.78 is 0. The summed E-state index contributed by atoms with van der Waals surface area (Å²) in [5, 5.41) is 8.49. The zero-order chi connectivity index (χ0) is 26.0. The second-order valence-corrected chi connectivity index (χ2v) is 13.7. The van der Waals surface area contributed by atoms with Crippen LogP contribution in [0.25, 0.3) is 0 Å². The van der Waals surface area contributed by atoms with Gasteiger partial charge in [-0.1, -0.05) is 6.07 Å². The molecule has 4 amide bonds. The Bertz CT molecular complexity index is 1320. The van der Waals surface area contributed by atoms with E-state index >= 15 is 0 Å². The van der Waals surface area contributed by atoms with E-state index in [1.807, 2.05) is 17.5 Å². The molecule has 2 aromatic rings. The largest absolute Gasteiger partial charge is 0.345 e. The van der Waals surface area contributed by atoms with Crippen molar-refractivity contribution in [1.82, 2.24) is 20.5 Å². The van der Waals surface area contributed by atoms with Crippen LogP contribution in [0, 0.1) is 17.8 Å². The Kier molecular flexibility index (Phi) is 5.88. The molecule has 2 N–H and O–H groups in total. The Labute approximate surface area is 229 Å². The van der Waals surface area contributed by atoms with Crippen LogP contribution < -0.4 is 10.6 Å². The molecular weight excluding hydrogens is 520 g/mol. The highest BCUT2D eigenvalue weighted by Crippen LogP contribution is 2.55. The predicted molar refractivity (Wildman–Crippen MR) is 143 cm³/mol. The molecule has 4 bridgehead atoms. The van der Waals surface area contributed by atoms with E-state index < -0.39 is 11.9 Å². The molecule has 4 saturated carbocycles. The van der Waals surface area contributed by atoms with Gasteiger partial charge in [-0.05, 0) is 80.4 Å². The molecule has 3 heterocycles. The van der Waals surface area contributed by atoms with Gasteiger partial charge in [-0.3, -0.25) is 24.5 Å². The molecule has 2 aliphatic heterocycles. The lowest BCUT2D eigenvalue weighted by Gasteiger charge is -2.56. The van der Waals surface area contributed by atoms with Crippen LogP contribution in [0.15, 0.2) is 28.5 Å². The number of rotatable bonds is 6. The van der Waals surface area contributed by atoms with Crippen LogP contribution in [-0.2, 0) is 21.9 Å². The summed E-state index contributed by atoms with van der Waals surface area (Å²) in [6.45, 7) is 0.347. The summed E-state index contributed by atoms with van der Waals surface area (Å²) in [6.07, 6.45) is 7.95. The quantitative estimate of drug-likeness (QED) is 0.417. The van der Waals surface area contributed by atoms with Crippen LogP contribution in [0.2, 0.25) is 0 Å². The topological polar surface area (TPSA) is 108 Å². The van der Waals surface area contributed by atoms with E-state index in [4.69, 9.17) is 0 Å². The van der Waals surface area contributed by atoms with Crippen LogP contribution in [0.3, 0.4) is 0 Å². The van der Waals surface area contributed by atoms with Crippen LogP contribution in [0.5, 0.6) is 0 Å². The monoisotopic (exact) mass is 550 g/mol. The van der Waals surface area contributed by atoms with Gasteiger partial charge in [0, 0.05) is 34.3 Å². The van der Waals surface area contributed by atoms with Crippen molar-refractivity contribution < 1.29 is 19.2 Å². The normalized spacial score (nSPS) is 31.5. The number of fused-ring (bicyclic) bond motifs is 1. The van der Waals surface area contributed by atoms with Crippen molar-refractivity contribution in [1.29, 1.82) is 0 Å². The molecule has 0 radical (unpaired) electrons. The van der Waals surface area contributed by atoms with Gasteiger partial charge in [-0.2, -0.15) is 0 Å². The molecule has 8 rings (SSSR count). The third-order valence-electron chi connectivity index (χ3n) is 9.09. The first-order chi connectivity index (χ1) is 18.4. The molecule has 1 saturated heterocycles. The molecule has 4 aliphatic carbocycles. The van der Waals surface area contributed by atoms with Crippen molar-refractivity contribution in [3.63, 3.8) is 0 Å². The first-order valence-electron chi connectivity index (χ1n) is 13.5. The van der Waals surface area contributed by atoms with Gasteiger partial charge in [-0.15, -0.1) is 23.1 Å². The zero-order valence-electron chi connectivity index (χ0n) is 21.0. The second-order valence-electron chi connectivity index (χ2n) is 11.7. The average molecular weight is 551 g/mol. The summed E-state index contributed by atoms with van der Waals surface area (Å²) in [7, 11) is 0. The molecule has 1 aromatic heterocycles. The number of hydrogen-bond acceptors (Lipinski definition) is 7. The lowest BCUT2D eigenvalue weighted by Crippen LogP contribution is -2.59. The molecule has 5 fully saturated rings. The number of thiazole rings is 1. The van der Waals surface area contributed by atoms with E-state index in [1.165, 1.54) is 30.6 Å². The highest BCUT2D eigenvalue weighted by molar-refractivity contribution is 7.98. The predicted octanol–water partition coefficient (Wildman–Crippen LogP) is 3.90. The van der Waals surface area contributed by atoms with Crippen molar-refractivity contribution in [2.75, 3.05) is 0 Å². The van der Waals surface area contributed by atoms with Crippen molar-refractivity contribution in [2.24, 2.45) is 17.8 Å². The maximum Gasteiger partial charge on any atom is 0.271 e. The van der Waals surface area contributed by atoms with E-state index in [1.54, 1.807) is 22.7 Å². The fraction of sp³-hybridized carbons (Fsp3) is 0.536. The number of thioether (sulfide) groups is 1. The van der Waals surface area contributed by atoms with E-state index in [9.17, 15) is 19.2 Å². The molecule has 1 unspecified atom stereocenters. The first-order valence-corrected chi connectivity index (χ1v) is 15.4. The molecule has 38 heavy (non-hydrogen) atoms. The Hall–Kier alpha value is -2.72. The third-order valence-corrected chi connectivity index (χ3v) is 11.2. The summed E-state index contributed by atoms with van der Waals surface area (Å²) in [4.78, 5) is 57.4. The Morgan fingerprint density at radius 2 is 1.87 bits per heavy atom. The number of benzene rings is 1. The smallest absolute Gasteiger partial charge is 0.271 e. The molecule has 6 aliphatic rings.